The highest BCUT2D eigenvalue weighted by atomic mass is 79.9. The van der Waals surface area contributed by atoms with Crippen LogP contribution in [0.2, 0.25) is 0 Å². The molecular weight excluding hydrogens is 370 g/mol. The Morgan fingerprint density at radius 3 is 2.58 bits per heavy atom. The number of hydrogen-bond acceptors (Lipinski definition) is 3. The number of halogens is 2. The molecule has 0 bridgehead atoms. The molecule has 2 rings (SSSR count). The predicted octanol–water partition coefficient (Wildman–Crippen LogP) is 4.56. The largest absolute Gasteiger partial charge is 0.235 e. The average Bonchev–Trinajstić information content (AvgIpc) is 2.45. The second-order valence-corrected chi connectivity index (χ2v) is 5.45. The molecule has 0 aliphatic carbocycles. The SMILES string of the molecule is Cc1c(Br)cnc(N=C(C#N)c2ccccc2)c1Br. The van der Waals surface area contributed by atoms with Crippen LogP contribution in [-0.2, 0) is 0 Å². The molecule has 0 atom stereocenters. The summed E-state index contributed by atoms with van der Waals surface area (Å²) in [7, 11) is 0. The maximum Gasteiger partial charge on any atom is 0.168 e. The first-order valence-electron chi connectivity index (χ1n) is 5.48. The van der Waals surface area contributed by atoms with Crippen molar-refractivity contribution < 1.29 is 0 Å². The van der Waals surface area contributed by atoms with E-state index in [-0.39, 0.29) is 0 Å². The smallest absolute Gasteiger partial charge is 0.168 e. The molecule has 1 aromatic carbocycles. The molecule has 0 unspecified atom stereocenters. The van der Waals surface area contributed by atoms with E-state index in [9.17, 15) is 5.26 Å². The fraction of sp³-hybridized carbons (Fsp3) is 0.0714. The zero-order chi connectivity index (χ0) is 13.8. The van der Waals surface area contributed by atoms with Gasteiger partial charge in [0.2, 0.25) is 0 Å². The number of hydrogen-bond donors (Lipinski definition) is 0. The third kappa shape index (κ3) is 3.09. The maximum absolute atomic E-state index is 9.22. The highest BCUT2D eigenvalue weighted by Crippen LogP contribution is 2.31. The summed E-state index contributed by atoms with van der Waals surface area (Å²) in [4.78, 5) is 8.55. The minimum atomic E-state index is 0.343. The summed E-state index contributed by atoms with van der Waals surface area (Å²) in [5.74, 6) is 0.501. The number of nitrogens with zero attached hydrogens (tertiary/aromatic N) is 3. The van der Waals surface area contributed by atoms with Gasteiger partial charge in [-0.25, -0.2) is 9.98 Å². The van der Waals surface area contributed by atoms with Gasteiger partial charge in [0.05, 0.1) is 4.47 Å². The fourth-order valence-electron chi connectivity index (χ4n) is 1.48. The third-order valence-corrected chi connectivity index (χ3v) is 4.30. The van der Waals surface area contributed by atoms with Crippen molar-refractivity contribution in [3.63, 3.8) is 0 Å². The summed E-state index contributed by atoms with van der Waals surface area (Å²) in [6, 6.07) is 11.4. The average molecular weight is 379 g/mol. The van der Waals surface area contributed by atoms with Crippen molar-refractivity contribution in [2.24, 2.45) is 4.99 Å². The van der Waals surface area contributed by atoms with Gasteiger partial charge in [0.25, 0.3) is 0 Å². The zero-order valence-electron chi connectivity index (χ0n) is 10.1. The molecule has 5 heteroatoms. The molecule has 19 heavy (non-hydrogen) atoms. The van der Waals surface area contributed by atoms with Gasteiger partial charge in [-0.3, -0.25) is 0 Å². The van der Waals surface area contributed by atoms with Gasteiger partial charge in [-0.15, -0.1) is 0 Å². The Morgan fingerprint density at radius 1 is 1.26 bits per heavy atom. The molecule has 3 nitrogen and oxygen atoms in total. The van der Waals surface area contributed by atoms with E-state index in [0.717, 1.165) is 20.1 Å². The quantitative estimate of drug-likeness (QED) is 0.719. The van der Waals surface area contributed by atoms with Gasteiger partial charge < -0.3 is 0 Å². The number of aromatic nitrogens is 1. The van der Waals surface area contributed by atoms with Crippen LogP contribution in [0.5, 0.6) is 0 Å². The van der Waals surface area contributed by atoms with E-state index >= 15 is 0 Å². The summed E-state index contributed by atoms with van der Waals surface area (Å²) in [6.07, 6.45) is 1.68. The number of pyridine rings is 1. The first-order chi connectivity index (χ1) is 9.13. The van der Waals surface area contributed by atoms with Crippen LogP contribution in [0.3, 0.4) is 0 Å². The second kappa shape index (κ2) is 6.09. The minimum absolute atomic E-state index is 0.343. The Morgan fingerprint density at radius 2 is 1.95 bits per heavy atom. The van der Waals surface area contributed by atoms with E-state index in [4.69, 9.17) is 0 Å². The summed E-state index contributed by atoms with van der Waals surface area (Å²) in [5, 5.41) is 9.22. The van der Waals surface area contributed by atoms with E-state index in [1.165, 1.54) is 0 Å². The summed E-state index contributed by atoms with van der Waals surface area (Å²) in [5.41, 5.74) is 2.12. The van der Waals surface area contributed by atoms with Crippen molar-refractivity contribution in [3.05, 3.63) is 56.6 Å². The zero-order valence-corrected chi connectivity index (χ0v) is 13.2. The van der Waals surface area contributed by atoms with Gasteiger partial charge in [0.15, 0.2) is 5.82 Å². The molecule has 0 radical (unpaired) electrons. The molecule has 0 saturated heterocycles. The molecule has 94 valence electrons. The van der Waals surface area contributed by atoms with Crippen LogP contribution in [0.15, 0.2) is 50.5 Å². The molecule has 0 fully saturated rings. The number of benzene rings is 1. The molecule has 0 saturated carbocycles. The Bertz CT molecular complexity index is 673. The molecule has 0 N–H and O–H groups in total. The minimum Gasteiger partial charge on any atom is -0.235 e. The lowest BCUT2D eigenvalue weighted by Gasteiger charge is -2.04. The third-order valence-electron chi connectivity index (χ3n) is 2.55. The lowest BCUT2D eigenvalue weighted by Crippen LogP contribution is -1.97. The fourth-order valence-corrected chi connectivity index (χ4v) is 2.45. The number of aliphatic imine (C=N–C) groups is 1. The second-order valence-electron chi connectivity index (χ2n) is 3.81. The van der Waals surface area contributed by atoms with Gasteiger partial charge in [0.1, 0.15) is 11.8 Å². The van der Waals surface area contributed by atoms with Gasteiger partial charge in [-0.1, -0.05) is 30.3 Å². The van der Waals surface area contributed by atoms with Crippen molar-refractivity contribution in [2.45, 2.75) is 6.92 Å². The van der Waals surface area contributed by atoms with Crippen molar-refractivity contribution in [1.82, 2.24) is 4.98 Å². The predicted molar refractivity (Wildman–Crippen MR) is 82.6 cm³/mol. The Labute approximate surface area is 128 Å². The molecule has 2 aromatic rings. The summed E-state index contributed by atoms with van der Waals surface area (Å²) >= 11 is 6.85. The lowest BCUT2D eigenvalue weighted by atomic mass is 10.1. The van der Waals surface area contributed by atoms with Gasteiger partial charge in [-0.05, 0) is 44.3 Å². The highest BCUT2D eigenvalue weighted by molar-refractivity contribution is 9.11. The topological polar surface area (TPSA) is 49.0 Å². The Hall–Kier alpha value is -1.51. The van der Waals surface area contributed by atoms with Crippen LogP contribution in [0.1, 0.15) is 11.1 Å². The van der Waals surface area contributed by atoms with Gasteiger partial charge in [0, 0.05) is 16.2 Å². The van der Waals surface area contributed by atoms with Crippen LogP contribution < -0.4 is 0 Å². The molecule has 0 spiro atoms. The molecule has 0 amide bonds. The first-order valence-corrected chi connectivity index (χ1v) is 7.07. The monoisotopic (exact) mass is 377 g/mol. The Kier molecular flexibility index (Phi) is 4.46. The number of nitriles is 1. The van der Waals surface area contributed by atoms with Crippen molar-refractivity contribution in [2.75, 3.05) is 0 Å². The van der Waals surface area contributed by atoms with Crippen LogP contribution in [-0.4, -0.2) is 10.7 Å². The number of rotatable bonds is 2. The maximum atomic E-state index is 9.22. The van der Waals surface area contributed by atoms with Crippen LogP contribution >= 0.6 is 31.9 Å². The standard InChI is InChI=1S/C14H9Br2N3/c1-9-11(15)8-18-14(13(9)16)19-12(7-17)10-5-3-2-4-6-10/h2-6,8H,1H3. The van der Waals surface area contributed by atoms with E-state index < -0.39 is 0 Å². The van der Waals surface area contributed by atoms with Crippen molar-refractivity contribution in [3.8, 4) is 6.07 Å². The van der Waals surface area contributed by atoms with E-state index in [1.807, 2.05) is 37.3 Å². The van der Waals surface area contributed by atoms with Crippen LogP contribution in [0.4, 0.5) is 5.82 Å². The summed E-state index contributed by atoms with van der Waals surface area (Å²) < 4.78 is 1.68. The van der Waals surface area contributed by atoms with E-state index in [2.05, 4.69) is 47.9 Å². The van der Waals surface area contributed by atoms with E-state index in [0.29, 0.717) is 11.5 Å². The van der Waals surface area contributed by atoms with E-state index in [1.54, 1.807) is 6.20 Å². The summed E-state index contributed by atoms with van der Waals surface area (Å²) in [6.45, 7) is 1.95. The van der Waals surface area contributed by atoms with Crippen molar-refractivity contribution >= 4 is 43.4 Å². The molecule has 0 aliphatic heterocycles. The molecule has 1 heterocycles. The molecule has 0 aliphatic rings. The highest BCUT2D eigenvalue weighted by Gasteiger charge is 2.09. The van der Waals surface area contributed by atoms with Crippen LogP contribution in [0, 0.1) is 18.3 Å². The lowest BCUT2D eigenvalue weighted by molar-refractivity contribution is 1.20. The Balaban J connectivity index is 2.51. The van der Waals surface area contributed by atoms with Crippen molar-refractivity contribution in [1.29, 1.82) is 5.26 Å². The molecule has 1 aromatic heterocycles. The first kappa shape index (κ1) is 13.9. The molecular formula is C14H9Br2N3. The normalized spacial score (nSPS) is 11.2. The van der Waals surface area contributed by atoms with Gasteiger partial charge >= 0.3 is 0 Å². The van der Waals surface area contributed by atoms with Crippen LogP contribution in [0.25, 0.3) is 0 Å². The van der Waals surface area contributed by atoms with Gasteiger partial charge in [-0.2, -0.15) is 5.26 Å².